The van der Waals surface area contributed by atoms with E-state index in [1.54, 1.807) is 0 Å². The van der Waals surface area contributed by atoms with Crippen LogP contribution in [0.4, 0.5) is 25.6 Å². The first-order valence-electron chi connectivity index (χ1n) is 5.55. The summed E-state index contributed by atoms with van der Waals surface area (Å²) in [6, 6.07) is 2.37. The minimum Gasteiger partial charge on any atom is -0.396 e. The molecule has 2 aromatic rings. The Bertz CT molecular complexity index is 633. The van der Waals surface area contributed by atoms with Gasteiger partial charge in [0.2, 0.25) is 0 Å². The Morgan fingerprint density at radius 2 is 2.25 bits per heavy atom. The predicted octanol–water partition coefficient (Wildman–Crippen LogP) is 3.45. The van der Waals surface area contributed by atoms with Crippen LogP contribution >= 0.6 is 23.1 Å². The van der Waals surface area contributed by atoms with Crippen LogP contribution in [0.1, 0.15) is 18.8 Å². The first kappa shape index (κ1) is 14.5. The lowest BCUT2D eigenvalue weighted by atomic mass is 10.3. The highest BCUT2D eigenvalue weighted by Crippen LogP contribution is 2.24. The molecule has 0 fully saturated rings. The van der Waals surface area contributed by atoms with Crippen molar-refractivity contribution >= 4 is 45.5 Å². The van der Waals surface area contributed by atoms with Crippen LogP contribution in [0.3, 0.4) is 0 Å². The summed E-state index contributed by atoms with van der Waals surface area (Å²) in [6.07, 6.45) is 0.160. The lowest BCUT2D eigenvalue weighted by molar-refractivity contribution is 0.262. The third kappa shape index (κ3) is 3.55. The summed E-state index contributed by atoms with van der Waals surface area (Å²) in [5.41, 5.74) is 6.55. The molecule has 9 heteroatoms. The van der Waals surface area contributed by atoms with Gasteiger partial charge in [-0.1, -0.05) is 11.6 Å². The van der Waals surface area contributed by atoms with E-state index in [2.05, 4.69) is 20.0 Å². The van der Waals surface area contributed by atoms with Gasteiger partial charge in [-0.15, -0.1) is 0 Å². The fraction of sp³-hybridized carbons (Fsp3) is 0.182. The molecule has 2 rings (SSSR count). The number of carbonyl (C=O) groups is 1. The van der Waals surface area contributed by atoms with Gasteiger partial charge in [-0.3, -0.25) is 5.32 Å². The predicted molar refractivity (Wildman–Crippen MR) is 77.9 cm³/mol. The van der Waals surface area contributed by atoms with Gasteiger partial charge in [-0.05, 0) is 24.5 Å². The van der Waals surface area contributed by atoms with E-state index in [-0.39, 0.29) is 16.5 Å². The van der Waals surface area contributed by atoms with E-state index in [4.69, 9.17) is 17.3 Å². The minimum absolute atomic E-state index is 0.209. The summed E-state index contributed by atoms with van der Waals surface area (Å²) in [6.45, 7) is 1.37. The molecule has 2 aromatic heterocycles. The van der Waals surface area contributed by atoms with Gasteiger partial charge in [-0.2, -0.15) is 4.37 Å². The van der Waals surface area contributed by atoms with Crippen LogP contribution in [0.15, 0.2) is 18.3 Å². The highest BCUT2D eigenvalue weighted by atomic mass is 35.5. The SMILES string of the molecule is CC(F)c1cc(NC(=O)Nc2cc(Cl)ncc2N)sn1. The van der Waals surface area contributed by atoms with Gasteiger partial charge in [0, 0.05) is 6.07 Å². The molecule has 0 bridgehead atoms. The number of carbonyl (C=O) groups excluding carboxylic acids is 1. The molecule has 106 valence electrons. The maximum absolute atomic E-state index is 13.0. The lowest BCUT2D eigenvalue weighted by Crippen LogP contribution is -2.19. The molecule has 1 atom stereocenters. The Labute approximate surface area is 123 Å². The monoisotopic (exact) mass is 315 g/mol. The number of alkyl halides is 1. The summed E-state index contributed by atoms with van der Waals surface area (Å²) < 4.78 is 16.9. The van der Waals surface area contributed by atoms with Gasteiger partial charge in [0.05, 0.1) is 23.3 Å². The van der Waals surface area contributed by atoms with Crippen LogP contribution in [-0.4, -0.2) is 15.4 Å². The van der Waals surface area contributed by atoms with Gasteiger partial charge < -0.3 is 11.1 Å². The van der Waals surface area contributed by atoms with Crippen LogP contribution < -0.4 is 16.4 Å². The number of amides is 2. The molecule has 0 saturated carbocycles. The number of nitrogens with zero attached hydrogens (tertiary/aromatic N) is 2. The van der Waals surface area contributed by atoms with Crippen molar-refractivity contribution < 1.29 is 9.18 Å². The Kier molecular flexibility index (Phi) is 4.35. The largest absolute Gasteiger partial charge is 0.396 e. The third-order valence-corrected chi connectivity index (χ3v) is 3.25. The summed E-state index contributed by atoms with van der Waals surface area (Å²) in [5.74, 6) is 0. The zero-order valence-corrected chi connectivity index (χ0v) is 11.9. The number of nitrogen functional groups attached to an aromatic ring is 1. The van der Waals surface area contributed by atoms with E-state index in [9.17, 15) is 9.18 Å². The second kappa shape index (κ2) is 6.02. The molecule has 0 aromatic carbocycles. The molecule has 0 aliphatic carbocycles. The number of hydrogen-bond donors (Lipinski definition) is 3. The van der Waals surface area contributed by atoms with Gasteiger partial charge in [0.1, 0.15) is 16.3 Å². The van der Waals surface area contributed by atoms with E-state index >= 15 is 0 Å². The smallest absolute Gasteiger partial charge is 0.324 e. The molecule has 6 nitrogen and oxygen atoms in total. The van der Waals surface area contributed by atoms with Crippen LogP contribution in [-0.2, 0) is 0 Å². The van der Waals surface area contributed by atoms with Crippen molar-refractivity contribution in [3.05, 3.63) is 29.2 Å². The fourth-order valence-electron chi connectivity index (χ4n) is 1.35. The zero-order valence-electron chi connectivity index (χ0n) is 10.4. The van der Waals surface area contributed by atoms with Crippen molar-refractivity contribution in [3.8, 4) is 0 Å². The second-order valence-electron chi connectivity index (χ2n) is 3.91. The molecule has 0 spiro atoms. The quantitative estimate of drug-likeness (QED) is 0.756. The van der Waals surface area contributed by atoms with Crippen LogP contribution in [0.25, 0.3) is 0 Å². The Balaban J connectivity index is 2.03. The maximum atomic E-state index is 13.0. The maximum Gasteiger partial charge on any atom is 0.324 e. The number of nitrogens with two attached hydrogens (primary N) is 1. The normalized spacial score (nSPS) is 11.9. The average molecular weight is 316 g/mol. The summed E-state index contributed by atoms with van der Waals surface area (Å²) in [7, 11) is 0. The first-order chi connectivity index (χ1) is 9.45. The van der Waals surface area contributed by atoms with Crippen molar-refractivity contribution in [2.24, 2.45) is 0 Å². The van der Waals surface area contributed by atoms with Gasteiger partial charge in [-0.25, -0.2) is 14.2 Å². The molecule has 1 unspecified atom stereocenters. The van der Waals surface area contributed by atoms with E-state index in [0.29, 0.717) is 10.7 Å². The number of pyridine rings is 1. The molecule has 0 radical (unpaired) electrons. The Morgan fingerprint density at radius 1 is 1.50 bits per heavy atom. The number of rotatable bonds is 3. The number of anilines is 3. The fourth-order valence-corrected chi connectivity index (χ4v) is 2.22. The van der Waals surface area contributed by atoms with Crippen molar-refractivity contribution in [2.45, 2.75) is 13.1 Å². The lowest BCUT2D eigenvalue weighted by Gasteiger charge is -2.08. The van der Waals surface area contributed by atoms with Gasteiger partial charge in [0.25, 0.3) is 0 Å². The molecule has 2 heterocycles. The van der Waals surface area contributed by atoms with Crippen LogP contribution in [0.5, 0.6) is 0 Å². The molecule has 0 aliphatic rings. The van der Waals surface area contributed by atoms with Crippen LogP contribution in [0.2, 0.25) is 5.15 Å². The minimum atomic E-state index is -1.18. The Hall–Kier alpha value is -1.93. The highest BCUT2D eigenvalue weighted by molar-refractivity contribution is 7.10. The molecule has 4 N–H and O–H groups in total. The molecular formula is C11H11ClFN5OS. The standard InChI is InChI=1S/C11H11ClFN5OS/c1-5(13)7-3-10(20-18-7)17-11(19)16-8-2-9(12)15-4-6(8)14/h2-5H,14H2,1H3,(H2,15,16,17,19). The second-order valence-corrected chi connectivity index (χ2v) is 5.10. The number of urea groups is 1. The van der Waals surface area contributed by atoms with Crippen LogP contribution in [0, 0.1) is 0 Å². The molecule has 0 saturated heterocycles. The summed E-state index contributed by atoms with van der Waals surface area (Å²) >= 11 is 6.70. The highest BCUT2D eigenvalue weighted by Gasteiger charge is 2.11. The number of hydrogen-bond acceptors (Lipinski definition) is 5. The zero-order chi connectivity index (χ0) is 14.7. The molecule has 2 amide bonds. The van der Waals surface area contributed by atoms with E-state index in [0.717, 1.165) is 11.5 Å². The average Bonchev–Trinajstić information content (AvgIpc) is 2.82. The number of halogens is 2. The summed E-state index contributed by atoms with van der Waals surface area (Å²) in [5, 5.41) is 5.70. The van der Waals surface area contributed by atoms with E-state index in [1.807, 2.05) is 0 Å². The van der Waals surface area contributed by atoms with E-state index < -0.39 is 12.2 Å². The van der Waals surface area contributed by atoms with E-state index in [1.165, 1.54) is 25.3 Å². The molecule has 0 aliphatic heterocycles. The van der Waals surface area contributed by atoms with Crippen molar-refractivity contribution in [3.63, 3.8) is 0 Å². The van der Waals surface area contributed by atoms with Gasteiger partial charge >= 0.3 is 6.03 Å². The molecule has 20 heavy (non-hydrogen) atoms. The van der Waals surface area contributed by atoms with Crippen molar-refractivity contribution in [1.82, 2.24) is 9.36 Å². The third-order valence-electron chi connectivity index (χ3n) is 2.32. The summed E-state index contributed by atoms with van der Waals surface area (Å²) in [4.78, 5) is 15.5. The number of nitrogens with one attached hydrogen (secondary N) is 2. The Morgan fingerprint density at radius 3 is 2.90 bits per heavy atom. The van der Waals surface area contributed by atoms with Crippen molar-refractivity contribution in [2.75, 3.05) is 16.4 Å². The molecular weight excluding hydrogens is 305 g/mol. The topological polar surface area (TPSA) is 92.9 Å². The van der Waals surface area contributed by atoms with Gasteiger partial charge in [0.15, 0.2) is 0 Å². The number of aromatic nitrogens is 2. The first-order valence-corrected chi connectivity index (χ1v) is 6.70. The van der Waals surface area contributed by atoms with Crippen molar-refractivity contribution in [1.29, 1.82) is 0 Å².